The molecular weight excluding hydrogens is 312 g/mol. The summed E-state index contributed by atoms with van der Waals surface area (Å²) in [6, 6.07) is 7.77. The molecule has 2 aromatic rings. The second-order valence-corrected chi connectivity index (χ2v) is 5.20. The van der Waals surface area contributed by atoms with Crippen molar-refractivity contribution in [2.45, 2.75) is 12.3 Å². The van der Waals surface area contributed by atoms with Gasteiger partial charge in [-0.1, -0.05) is 18.2 Å². The summed E-state index contributed by atoms with van der Waals surface area (Å²) in [7, 11) is 0. The van der Waals surface area contributed by atoms with Crippen LogP contribution >= 0.6 is 15.9 Å². The zero-order valence-electron chi connectivity index (χ0n) is 9.89. The first kappa shape index (κ1) is 12.2. The van der Waals surface area contributed by atoms with Gasteiger partial charge in [0.1, 0.15) is 16.0 Å². The number of rotatable bonds is 1. The lowest BCUT2D eigenvalue weighted by Crippen LogP contribution is -2.24. The highest BCUT2D eigenvalue weighted by Crippen LogP contribution is 2.31. The molecule has 3 rings (SSSR count). The number of aromatic amines is 1. The molecule has 2 N–H and O–H groups in total. The average Bonchev–Trinajstić information content (AvgIpc) is 2.43. The van der Waals surface area contributed by atoms with E-state index >= 15 is 0 Å². The van der Waals surface area contributed by atoms with Crippen LogP contribution in [0.4, 0.5) is 0 Å². The SMILES string of the molecule is O=c1[nH]c(C2COc3ccccc3C2)nc(O)c1Br. The van der Waals surface area contributed by atoms with Gasteiger partial charge in [-0.15, -0.1) is 0 Å². The predicted molar refractivity (Wildman–Crippen MR) is 72.6 cm³/mol. The first-order chi connectivity index (χ1) is 9.15. The quantitative estimate of drug-likeness (QED) is 0.841. The lowest BCUT2D eigenvalue weighted by molar-refractivity contribution is 0.256. The number of nitrogens with zero attached hydrogens (tertiary/aromatic N) is 1. The number of H-pyrrole nitrogens is 1. The van der Waals surface area contributed by atoms with Crippen LogP contribution in [0.15, 0.2) is 33.5 Å². The van der Waals surface area contributed by atoms with Crippen molar-refractivity contribution in [1.29, 1.82) is 0 Å². The van der Waals surface area contributed by atoms with Crippen molar-refractivity contribution in [3.05, 3.63) is 50.5 Å². The summed E-state index contributed by atoms with van der Waals surface area (Å²) in [4.78, 5) is 18.3. The summed E-state index contributed by atoms with van der Waals surface area (Å²) in [5.74, 6) is 0.946. The Bertz CT molecular complexity index is 684. The van der Waals surface area contributed by atoms with Crippen molar-refractivity contribution in [2.24, 2.45) is 0 Å². The highest BCUT2D eigenvalue weighted by molar-refractivity contribution is 9.10. The molecule has 1 atom stereocenters. The van der Waals surface area contributed by atoms with Crippen LogP contribution in [-0.2, 0) is 6.42 Å². The first-order valence-electron chi connectivity index (χ1n) is 5.84. The van der Waals surface area contributed by atoms with Crippen LogP contribution in [0.25, 0.3) is 0 Å². The molecule has 19 heavy (non-hydrogen) atoms. The van der Waals surface area contributed by atoms with Crippen molar-refractivity contribution in [3.63, 3.8) is 0 Å². The van der Waals surface area contributed by atoms with Gasteiger partial charge in [-0.05, 0) is 34.0 Å². The lowest BCUT2D eigenvalue weighted by atomic mass is 9.96. The van der Waals surface area contributed by atoms with E-state index in [1.54, 1.807) is 0 Å². The fourth-order valence-corrected chi connectivity index (χ4v) is 2.35. The highest BCUT2D eigenvalue weighted by Gasteiger charge is 2.24. The van der Waals surface area contributed by atoms with Crippen LogP contribution in [0.1, 0.15) is 17.3 Å². The van der Waals surface area contributed by atoms with Crippen LogP contribution in [0.5, 0.6) is 11.6 Å². The molecular formula is C13H11BrN2O3. The van der Waals surface area contributed by atoms with Crippen molar-refractivity contribution in [2.75, 3.05) is 6.61 Å². The number of para-hydroxylation sites is 1. The fraction of sp³-hybridized carbons (Fsp3) is 0.231. The second kappa shape index (κ2) is 4.70. The van der Waals surface area contributed by atoms with Gasteiger partial charge >= 0.3 is 0 Å². The summed E-state index contributed by atoms with van der Waals surface area (Å²) in [6.45, 7) is 0.432. The molecule has 1 aliphatic heterocycles. The molecule has 1 unspecified atom stereocenters. The van der Waals surface area contributed by atoms with Crippen LogP contribution in [0.3, 0.4) is 0 Å². The number of aromatic hydroxyl groups is 1. The fourth-order valence-electron chi connectivity index (χ4n) is 2.16. The summed E-state index contributed by atoms with van der Waals surface area (Å²) in [6.07, 6.45) is 0.722. The minimum absolute atomic E-state index is 0.0494. The molecule has 1 aromatic carbocycles. The van der Waals surface area contributed by atoms with Crippen molar-refractivity contribution in [1.82, 2.24) is 9.97 Å². The lowest BCUT2D eigenvalue weighted by Gasteiger charge is -2.24. The van der Waals surface area contributed by atoms with Gasteiger partial charge in [-0.25, -0.2) is 0 Å². The molecule has 6 heteroatoms. The summed E-state index contributed by atoms with van der Waals surface area (Å²) in [5, 5.41) is 9.59. The van der Waals surface area contributed by atoms with Gasteiger partial charge in [0.05, 0.1) is 12.5 Å². The monoisotopic (exact) mass is 322 g/mol. The Labute approximate surface area is 117 Å². The average molecular weight is 323 g/mol. The number of hydrogen-bond donors (Lipinski definition) is 2. The minimum atomic E-state index is -0.388. The number of hydrogen-bond acceptors (Lipinski definition) is 4. The molecule has 0 fully saturated rings. The maximum absolute atomic E-state index is 11.6. The van der Waals surface area contributed by atoms with Crippen LogP contribution < -0.4 is 10.3 Å². The van der Waals surface area contributed by atoms with Gasteiger partial charge in [0.25, 0.3) is 5.56 Å². The molecule has 98 valence electrons. The molecule has 0 saturated carbocycles. The zero-order chi connectivity index (χ0) is 13.4. The Kier molecular flexibility index (Phi) is 3.02. The highest BCUT2D eigenvalue weighted by atomic mass is 79.9. The van der Waals surface area contributed by atoms with Gasteiger partial charge in [0.2, 0.25) is 5.88 Å². The molecule has 1 aliphatic rings. The molecule has 0 radical (unpaired) electrons. The summed E-state index contributed by atoms with van der Waals surface area (Å²) < 4.78 is 5.69. The Balaban J connectivity index is 1.95. The zero-order valence-corrected chi connectivity index (χ0v) is 11.5. The molecule has 1 aromatic heterocycles. The smallest absolute Gasteiger partial charge is 0.269 e. The van der Waals surface area contributed by atoms with Gasteiger partial charge in [0.15, 0.2) is 0 Å². The largest absolute Gasteiger partial charge is 0.493 e. The normalized spacial score (nSPS) is 17.6. The number of nitrogens with one attached hydrogen (secondary N) is 1. The summed E-state index contributed by atoms with van der Waals surface area (Å²) >= 11 is 2.98. The minimum Gasteiger partial charge on any atom is -0.493 e. The number of benzene rings is 1. The van der Waals surface area contributed by atoms with Gasteiger partial charge in [-0.2, -0.15) is 4.98 Å². The standard InChI is InChI=1S/C13H11BrN2O3/c14-10-12(17)15-11(16-13(10)18)8-5-7-3-1-2-4-9(7)19-6-8/h1-4,8H,5-6H2,(H2,15,16,17,18). The molecule has 0 aliphatic carbocycles. The third-order valence-corrected chi connectivity index (χ3v) is 3.84. The van der Waals surface area contributed by atoms with E-state index in [0.717, 1.165) is 17.7 Å². The van der Waals surface area contributed by atoms with E-state index in [4.69, 9.17) is 4.74 Å². The topological polar surface area (TPSA) is 75.2 Å². The Hall–Kier alpha value is -1.82. The summed E-state index contributed by atoms with van der Waals surface area (Å²) in [5.41, 5.74) is 0.685. The number of halogens is 1. The Morgan fingerprint density at radius 2 is 2.21 bits per heavy atom. The van der Waals surface area contributed by atoms with Crippen molar-refractivity contribution >= 4 is 15.9 Å². The van der Waals surface area contributed by atoms with E-state index in [1.165, 1.54) is 0 Å². The van der Waals surface area contributed by atoms with Crippen LogP contribution in [0, 0.1) is 0 Å². The van der Waals surface area contributed by atoms with Gasteiger partial charge in [-0.3, -0.25) is 4.79 Å². The molecule has 0 saturated heterocycles. The molecule has 5 nitrogen and oxygen atoms in total. The predicted octanol–water partition coefficient (Wildman–Crippen LogP) is 1.96. The van der Waals surface area contributed by atoms with Gasteiger partial charge < -0.3 is 14.8 Å². The Morgan fingerprint density at radius 3 is 3.00 bits per heavy atom. The van der Waals surface area contributed by atoms with Crippen LogP contribution in [-0.4, -0.2) is 21.7 Å². The molecule has 0 amide bonds. The second-order valence-electron chi connectivity index (χ2n) is 4.41. The molecule has 0 bridgehead atoms. The Morgan fingerprint density at radius 1 is 1.42 bits per heavy atom. The maximum atomic E-state index is 11.6. The van der Waals surface area contributed by atoms with E-state index in [9.17, 15) is 9.90 Å². The van der Waals surface area contributed by atoms with Crippen molar-refractivity contribution < 1.29 is 9.84 Å². The van der Waals surface area contributed by atoms with E-state index in [-0.39, 0.29) is 21.8 Å². The van der Waals surface area contributed by atoms with Crippen LogP contribution in [0.2, 0.25) is 0 Å². The third-order valence-electron chi connectivity index (χ3n) is 3.13. The number of fused-ring (bicyclic) bond motifs is 1. The van der Waals surface area contributed by atoms with Gasteiger partial charge in [0, 0.05) is 0 Å². The van der Waals surface area contributed by atoms with E-state index in [0.29, 0.717) is 12.4 Å². The number of ether oxygens (including phenoxy) is 1. The van der Waals surface area contributed by atoms with Crippen molar-refractivity contribution in [3.8, 4) is 11.6 Å². The van der Waals surface area contributed by atoms with E-state index < -0.39 is 0 Å². The first-order valence-corrected chi connectivity index (χ1v) is 6.64. The van der Waals surface area contributed by atoms with E-state index in [2.05, 4.69) is 25.9 Å². The number of aromatic nitrogens is 2. The maximum Gasteiger partial charge on any atom is 0.269 e. The van der Waals surface area contributed by atoms with E-state index in [1.807, 2.05) is 24.3 Å². The molecule has 2 heterocycles. The third kappa shape index (κ3) is 2.23. The molecule has 0 spiro atoms.